The summed E-state index contributed by atoms with van der Waals surface area (Å²) in [6.45, 7) is 3.48. The minimum absolute atomic E-state index is 0.0476. The minimum atomic E-state index is 0.0476. The molecule has 0 bridgehead atoms. The summed E-state index contributed by atoms with van der Waals surface area (Å²) in [5.74, 6) is 0. The van der Waals surface area contributed by atoms with Gasteiger partial charge in [-0.05, 0) is 6.42 Å². The Balaban J connectivity index is 1.64. The minimum Gasteiger partial charge on any atom is -0.361 e. The number of rotatable bonds is 5. The third-order valence-electron chi connectivity index (χ3n) is 2.97. The molecule has 2 rings (SSSR count). The summed E-state index contributed by atoms with van der Waals surface area (Å²) in [7, 11) is 0. The molecule has 0 saturated carbocycles. The second-order valence-corrected chi connectivity index (χ2v) is 4.03. The standard InChI is InChI=1S/C10H18O3/c1-2-3-4-5-6-10-8-12-11-7-9(10)13-10/h9H,2-8H2,1H3/t9-,10+/m0/s1. The van der Waals surface area contributed by atoms with Gasteiger partial charge in [-0.25, -0.2) is 9.78 Å². The Hall–Kier alpha value is -0.120. The van der Waals surface area contributed by atoms with Crippen molar-refractivity contribution in [2.75, 3.05) is 13.2 Å². The third-order valence-corrected chi connectivity index (χ3v) is 2.97. The second-order valence-electron chi connectivity index (χ2n) is 4.03. The van der Waals surface area contributed by atoms with Crippen LogP contribution < -0.4 is 0 Å². The summed E-state index contributed by atoms with van der Waals surface area (Å²) in [6.07, 6.45) is 6.65. The molecule has 2 fully saturated rings. The Morgan fingerprint density at radius 3 is 2.92 bits per heavy atom. The molecular formula is C10H18O3. The second kappa shape index (κ2) is 3.95. The highest BCUT2D eigenvalue weighted by molar-refractivity contribution is 5.03. The van der Waals surface area contributed by atoms with E-state index < -0.39 is 0 Å². The molecular weight excluding hydrogens is 168 g/mol. The zero-order chi connectivity index (χ0) is 9.15. The Labute approximate surface area is 79.3 Å². The van der Waals surface area contributed by atoms with Gasteiger partial charge in [0.25, 0.3) is 0 Å². The van der Waals surface area contributed by atoms with E-state index in [2.05, 4.69) is 6.92 Å². The van der Waals surface area contributed by atoms with Gasteiger partial charge in [0.05, 0.1) is 0 Å². The smallest absolute Gasteiger partial charge is 0.124 e. The SMILES string of the molecule is CCCCCC[C@@]12COOC[C@@H]1O2. The van der Waals surface area contributed by atoms with E-state index in [4.69, 9.17) is 14.5 Å². The number of fused-ring (bicyclic) bond motifs is 1. The van der Waals surface area contributed by atoms with Crippen LogP contribution in [0.1, 0.15) is 39.0 Å². The lowest BCUT2D eigenvalue weighted by Crippen LogP contribution is -2.30. The highest BCUT2D eigenvalue weighted by Gasteiger charge is 2.58. The molecule has 13 heavy (non-hydrogen) atoms. The Bertz CT molecular complexity index is 172. The van der Waals surface area contributed by atoms with Crippen molar-refractivity contribution in [1.82, 2.24) is 0 Å². The summed E-state index contributed by atoms with van der Waals surface area (Å²) >= 11 is 0. The van der Waals surface area contributed by atoms with Gasteiger partial charge in [-0.1, -0.05) is 32.6 Å². The van der Waals surface area contributed by atoms with Crippen LogP contribution in [0.15, 0.2) is 0 Å². The van der Waals surface area contributed by atoms with Crippen LogP contribution in [0.4, 0.5) is 0 Å². The number of epoxide rings is 1. The number of hydrogen-bond acceptors (Lipinski definition) is 3. The molecule has 0 N–H and O–H groups in total. The van der Waals surface area contributed by atoms with Crippen molar-refractivity contribution in [3.05, 3.63) is 0 Å². The van der Waals surface area contributed by atoms with Crippen molar-refractivity contribution < 1.29 is 14.5 Å². The largest absolute Gasteiger partial charge is 0.361 e. The molecule has 0 unspecified atom stereocenters. The van der Waals surface area contributed by atoms with Gasteiger partial charge in [0.15, 0.2) is 0 Å². The van der Waals surface area contributed by atoms with Crippen molar-refractivity contribution in [3.8, 4) is 0 Å². The molecule has 0 radical (unpaired) electrons. The summed E-state index contributed by atoms with van der Waals surface area (Å²) in [6, 6.07) is 0. The van der Waals surface area contributed by atoms with Crippen molar-refractivity contribution in [2.24, 2.45) is 0 Å². The fraction of sp³-hybridized carbons (Fsp3) is 1.00. The maximum atomic E-state index is 5.60. The quantitative estimate of drug-likeness (QED) is 0.374. The topological polar surface area (TPSA) is 31.0 Å². The fourth-order valence-corrected chi connectivity index (χ4v) is 1.96. The Morgan fingerprint density at radius 2 is 2.15 bits per heavy atom. The first-order valence-corrected chi connectivity index (χ1v) is 5.29. The molecule has 2 saturated heterocycles. The molecule has 3 heteroatoms. The van der Waals surface area contributed by atoms with Gasteiger partial charge >= 0.3 is 0 Å². The van der Waals surface area contributed by atoms with Crippen molar-refractivity contribution in [3.63, 3.8) is 0 Å². The maximum absolute atomic E-state index is 5.60. The van der Waals surface area contributed by atoms with Crippen LogP contribution in [0.5, 0.6) is 0 Å². The molecule has 2 aliphatic heterocycles. The first-order valence-electron chi connectivity index (χ1n) is 5.29. The summed E-state index contributed by atoms with van der Waals surface area (Å²) in [5.41, 5.74) is 0.0476. The van der Waals surface area contributed by atoms with Crippen LogP contribution in [0, 0.1) is 0 Å². The molecule has 0 aromatic carbocycles. The molecule has 2 aliphatic rings. The number of hydrogen-bond donors (Lipinski definition) is 0. The van der Waals surface area contributed by atoms with Crippen LogP contribution in [0.25, 0.3) is 0 Å². The highest BCUT2D eigenvalue weighted by atomic mass is 17.2. The van der Waals surface area contributed by atoms with E-state index in [0.717, 1.165) is 6.42 Å². The predicted molar refractivity (Wildman–Crippen MR) is 48.3 cm³/mol. The molecule has 0 aliphatic carbocycles. The first-order chi connectivity index (χ1) is 6.37. The number of unbranched alkanes of at least 4 members (excludes halogenated alkanes) is 3. The van der Waals surface area contributed by atoms with Gasteiger partial charge < -0.3 is 4.74 Å². The van der Waals surface area contributed by atoms with Gasteiger partial charge in [0.2, 0.25) is 0 Å². The molecule has 0 aromatic rings. The average Bonchev–Trinajstić information content (AvgIpc) is 2.87. The van der Waals surface area contributed by atoms with E-state index in [1.165, 1.54) is 25.7 Å². The molecule has 0 aromatic heterocycles. The van der Waals surface area contributed by atoms with Gasteiger partial charge in [-0.2, -0.15) is 0 Å². The molecule has 0 spiro atoms. The summed E-state index contributed by atoms with van der Waals surface area (Å²) in [4.78, 5) is 9.81. The normalized spacial score (nSPS) is 37.2. The van der Waals surface area contributed by atoms with E-state index in [-0.39, 0.29) is 5.60 Å². The molecule has 2 atom stereocenters. The maximum Gasteiger partial charge on any atom is 0.124 e. The van der Waals surface area contributed by atoms with E-state index >= 15 is 0 Å². The van der Waals surface area contributed by atoms with E-state index in [1.54, 1.807) is 0 Å². The fourth-order valence-electron chi connectivity index (χ4n) is 1.96. The van der Waals surface area contributed by atoms with Crippen LogP contribution in [0.3, 0.4) is 0 Å². The molecule has 3 nitrogen and oxygen atoms in total. The van der Waals surface area contributed by atoms with Crippen molar-refractivity contribution in [1.29, 1.82) is 0 Å². The van der Waals surface area contributed by atoms with Gasteiger partial charge in [0, 0.05) is 0 Å². The van der Waals surface area contributed by atoms with Crippen molar-refractivity contribution in [2.45, 2.75) is 50.7 Å². The van der Waals surface area contributed by atoms with Crippen LogP contribution in [-0.2, 0) is 14.5 Å². The zero-order valence-electron chi connectivity index (χ0n) is 8.25. The molecule has 0 amide bonds. The Kier molecular flexibility index (Phi) is 2.86. The van der Waals surface area contributed by atoms with Gasteiger partial charge in [-0.15, -0.1) is 0 Å². The zero-order valence-corrected chi connectivity index (χ0v) is 8.25. The van der Waals surface area contributed by atoms with E-state index in [1.807, 2.05) is 0 Å². The van der Waals surface area contributed by atoms with E-state index in [0.29, 0.717) is 19.3 Å². The molecule has 76 valence electrons. The lowest BCUT2D eigenvalue weighted by Gasteiger charge is -2.16. The lowest BCUT2D eigenvalue weighted by atomic mass is 9.98. The highest BCUT2D eigenvalue weighted by Crippen LogP contribution is 2.43. The number of ether oxygens (including phenoxy) is 1. The molecule has 2 heterocycles. The first kappa shape index (κ1) is 9.44. The van der Waals surface area contributed by atoms with Crippen molar-refractivity contribution >= 4 is 0 Å². The van der Waals surface area contributed by atoms with Gasteiger partial charge in [-0.3, -0.25) is 0 Å². The predicted octanol–water partition coefficient (Wildman–Crippen LogP) is 2.06. The summed E-state index contributed by atoms with van der Waals surface area (Å²) in [5, 5.41) is 0. The lowest BCUT2D eigenvalue weighted by molar-refractivity contribution is -0.312. The summed E-state index contributed by atoms with van der Waals surface area (Å²) < 4.78 is 5.60. The monoisotopic (exact) mass is 186 g/mol. The van der Waals surface area contributed by atoms with Gasteiger partial charge in [0.1, 0.15) is 24.9 Å². The average molecular weight is 186 g/mol. The third kappa shape index (κ3) is 2.03. The Morgan fingerprint density at radius 1 is 1.23 bits per heavy atom. The van der Waals surface area contributed by atoms with E-state index in [9.17, 15) is 0 Å². The van der Waals surface area contributed by atoms with Crippen LogP contribution in [-0.4, -0.2) is 24.9 Å². The van der Waals surface area contributed by atoms with Crippen LogP contribution >= 0.6 is 0 Å². The van der Waals surface area contributed by atoms with Crippen LogP contribution in [0.2, 0.25) is 0 Å².